The first-order valence-electron chi connectivity index (χ1n) is 7.39. The molecule has 0 saturated heterocycles. The van der Waals surface area contributed by atoms with Gasteiger partial charge in [0.25, 0.3) is 0 Å². The summed E-state index contributed by atoms with van der Waals surface area (Å²) in [5.74, 6) is 0.884. The molecule has 23 heavy (non-hydrogen) atoms. The van der Waals surface area contributed by atoms with Gasteiger partial charge in [0.05, 0.1) is 4.90 Å². The molecule has 0 bridgehead atoms. The van der Waals surface area contributed by atoms with Gasteiger partial charge in [0.2, 0.25) is 10.0 Å². The topological polar surface area (TPSA) is 46.2 Å². The van der Waals surface area contributed by atoms with Gasteiger partial charge in [-0.05, 0) is 67.0 Å². The van der Waals surface area contributed by atoms with Gasteiger partial charge in [-0.15, -0.1) is 11.8 Å². The Labute approximate surface area is 146 Å². The summed E-state index contributed by atoms with van der Waals surface area (Å²) in [6.07, 6.45) is 0.752. The van der Waals surface area contributed by atoms with E-state index in [-0.39, 0.29) is 6.04 Å². The van der Waals surface area contributed by atoms with E-state index in [1.54, 1.807) is 17.8 Å². The summed E-state index contributed by atoms with van der Waals surface area (Å²) in [7, 11) is -3.57. The van der Waals surface area contributed by atoms with Crippen molar-refractivity contribution in [3.05, 3.63) is 58.1 Å². The molecule has 6 heteroatoms. The van der Waals surface area contributed by atoms with Gasteiger partial charge in [-0.1, -0.05) is 23.7 Å². The summed E-state index contributed by atoms with van der Waals surface area (Å²) >= 11 is 7.82. The highest BCUT2D eigenvalue weighted by atomic mass is 35.5. The summed E-state index contributed by atoms with van der Waals surface area (Å²) in [6, 6.07) is 10.9. The number of rotatable bonds is 3. The molecule has 0 aromatic heterocycles. The lowest BCUT2D eigenvalue weighted by molar-refractivity contribution is 0.545. The number of hydrogen-bond acceptors (Lipinski definition) is 3. The van der Waals surface area contributed by atoms with Gasteiger partial charge in [-0.25, -0.2) is 13.1 Å². The molecule has 0 aliphatic carbocycles. The summed E-state index contributed by atoms with van der Waals surface area (Å²) < 4.78 is 28.5. The van der Waals surface area contributed by atoms with Crippen LogP contribution in [0, 0.1) is 13.8 Å². The highest BCUT2D eigenvalue weighted by Crippen LogP contribution is 2.38. The fourth-order valence-electron chi connectivity index (χ4n) is 2.74. The number of halogens is 1. The van der Waals surface area contributed by atoms with E-state index in [1.165, 1.54) is 0 Å². The van der Waals surface area contributed by atoms with Gasteiger partial charge >= 0.3 is 0 Å². The van der Waals surface area contributed by atoms with Crippen LogP contribution in [0.15, 0.2) is 46.2 Å². The van der Waals surface area contributed by atoms with Crippen LogP contribution in [0.25, 0.3) is 0 Å². The van der Waals surface area contributed by atoms with Crippen LogP contribution in [0.1, 0.15) is 29.2 Å². The molecule has 1 heterocycles. The van der Waals surface area contributed by atoms with E-state index in [1.807, 2.05) is 44.2 Å². The van der Waals surface area contributed by atoms with Gasteiger partial charge in [0.1, 0.15) is 0 Å². The molecule has 122 valence electrons. The van der Waals surface area contributed by atoms with E-state index in [0.717, 1.165) is 33.8 Å². The predicted octanol–water partition coefficient (Wildman–Crippen LogP) is 4.47. The van der Waals surface area contributed by atoms with Gasteiger partial charge in [-0.2, -0.15) is 0 Å². The van der Waals surface area contributed by atoms with Gasteiger partial charge in [-0.3, -0.25) is 0 Å². The molecule has 0 amide bonds. The quantitative estimate of drug-likeness (QED) is 0.870. The van der Waals surface area contributed by atoms with Crippen LogP contribution in [-0.2, 0) is 10.0 Å². The van der Waals surface area contributed by atoms with Gasteiger partial charge < -0.3 is 0 Å². The third-order valence-corrected chi connectivity index (χ3v) is 6.91. The minimum absolute atomic E-state index is 0.241. The average Bonchev–Trinajstić information content (AvgIpc) is 2.50. The first-order valence-corrected chi connectivity index (χ1v) is 10.2. The number of benzene rings is 2. The molecule has 1 atom stereocenters. The van der Waals surface area contributed by atoms with E-state index < -0.39 is 10.0 Å². The van der Waals surface area contributed by atoms with Crippen molar-refractivity contribution < 1.29 is 8.42 Å². The molecular formula is C17H18ClNO2S2. The first kappa shape index (κ1) is 16.8. The van der Waals surface area contributed by atoms with Crippen molar-refractivity contribution in [2.24, 2.45) is 0 Å². The molecule has 1 unspecified atom stereocenters. The average molecular weight is 368 g/mol. The van der Waals surface area contributed by atoms with Crippen LogP contribution < -0.4 is 4.72 Å². The Balaban J connectivity index is 1.96. The maximum atomic E-state index is 12.8. The fourth-order valence-corrected chi connectivity index (χ4v) is 5.60. The summed E-state index contributed by atoms with van der Waals surface area (Å²) in [6.45, 7) is 3.71. The molecule has 1 aliphatic heterocycles. The summed E-state index contributed by atoms with van der Waals surface area (Å²) in [4.78, 5) is 1.44. The number of nitrogens with one attached hydrogen (secondary N) is 1. The Morgan fingerprint density at radius 3 is 2.74 bits per heavy atom. The predicted molar refractivity (Wildman–Crippen MR) is 95.8 cm³/mol. The van der Waals surface area contributed by atoms with Crippen LogP contribution in [0.2, 0.25) is 5.02 Å². The minimum Gasteiger partial charge on any atom is -0.207 e. The lowest BCUT2D eigenvalue weighted by Gasteiger charge is -2.26. The molecule has 1 aliphatic rings. The highest BCUT2D eigenvalue weighted by molar-refractivity contribution is 7.99. The number of hydrogen-bond donors (Lipinski definition) is 1. The normalized spacial score (nSPS) is 17.8. The standard InChI is InChI=1S/C17H18ClNO2S2/c1-11-3-4-12(2)17(9-11)23(20,21)19-15-7-8-22-16-6-5-13(18)10-14(15)16/h3-6,9-10,15,19H,7-8H2,1-2H3. The molecule has 0 spiro atoms. The Kier molecular flexibility index (Phi) is 4.74. The second-order valence-corrected chi connectivity index (χ2v) is 9.02. The Morgan fingerprint density at radius 2 is 1.96 bits per heavy atom. The molecule has 0 fully saturated rings. The largest absolute Gasteiger partial charge is 0.241 e. The molecule has 0 saturated carbocycles. The van der Waals surface area contributed by atoms with Crippen molar-refractivity contribution in [2.75, 3.05) is 5.75 Å². The fraction of sp³-hybridized carbons (Fsp3) is 0.294. The molecule has 3 rings (SSSR count). The van der Waals surface area contributed by atoms with Crippen LogP contribution in [0.5, 0.6) is 0 Å². The zero-order chi connectivity index (χ0) is 16.6. The number of fused-ring (bicyclic) bond motifs is 1. The molecular weight excluding hydrogens is 350 g/mol. The number of sulfonamides is 1. The van der Waals surface area contributed by atoms with E-state index in [0.29, 0.717) is 9.92 Å². The lowest BCUT2D eigenvalue weighted by atomic mass is 10.1. The van der Waals surface area contributed by atoms with Crippen LogP contribution in [0.4, 0.5) is 0 Å². The van der Waals surface area contributed by atoms with E-state index in [4.69, 9.17) is 11.6 Å². The third kappa shape index (κ3) is 3.58. The van der Waals surface area contributed by atoms with Crippen molar-refractivity contribution in [2.45, 2.75) is 36.1 Å². The second kappa shape index (κ2) is 6.48. The zero-order valence-electron chi connectivity index (χ0n) is 13.0. The summed E-state index contributed by atoms with van der Waals surface area (Å²) in [5.41, 5.74) is 2.64. The number of thioether (sulfide) groups is 1. The van der Waals surface area contributed by atoms with Crippen LogP contribution >= 0.6 is 23.4 Å². The van der Waals surface area contributed by atoms with Crippen LogP contribution in [-0.4, -0.2) is 14.2 Å². The van der Waals surface area contributed by atoms with Crippen LogP contribution in [0.3, 0.4) is 0 Å². The molecule has 2 aromatic carbocycles. The second-order valence-electron chi connectivity index (χ2n) is 5.76. The number of aryl methyl sites for hydroxylation is 2. The SMILES string of the molecule is Cc1ccc(C)c(S(=O)(=O)NC2CCSc3ccc(Cl)cc32)c1. The van der Waals surface area contributed by atoms with Gasteiger partial charge in [0, 0.05) is 16.0 Å². The smallest absolute Gasteiger partial charge is 0.207 e. The van der Waals surface area contributed by atoms with Crippen molar-refractivity contribution in [1.82, 2.24) is 4.72 Å². The van der Waals surface area contributed by atoms with Crippen molar-refractivity contribution in [1.29, 1.82) is 0 Å². The monoisotopic (exact) mass is 367 g/mol. The Bertz CT molecular complexity index is 850. The van der Waals surface area contributed by atoms with Crippen molar-refractivity contribution >= 4 is 33.4 Å². The zero-order valence-corrected chi connectivity index (χ0v) is 15.4. The first-order chi connectivity index (χ1) is 10.9. The molecule has 0 radical (unpaired) electrons. The van der Waals surface area contributed by atoms with E-state index in [2.05, 4.69) is 4.72 Å². The Hall–Kier alpha value is -1.01. The van der Waals surface area contributed by atoms with Crippen molar-refractivity contribution in [3.63, 3.8) is 0 Å². The lowest BCUT2D eigenvalue weighted by Crippen LogP contribution is -2.31. The summed E-state index contributed by atoms with van der Waals surface area (Å²) in [5, 5.41) is 0.627. The Morgan fingerprint density at radius 1 is 1.17 bits per heavy atom. The maximum absolute atomic E-state index is 12.8. The molecule has 3 nitrogen and oxygen atoms in total. The van der Waals surface area contributed by atoms with Crippen molar-refractivity contribution in [3.8, 4) is 0 Å². The third-order valence-electron chi connectivity index (χ3n) is 3.94. The van der Waals surface area contributed by atoms with E-state index in [9.17, 15) is 8.42 Å². The minimum atomic E-state index is -3.57. The molecule has 1 N–H and O–H groups in total. The molecule has 2 aromatic rings. The maximum Gasteiger partial charge on any atom is 0.241 e. The van der Waals surface area contributed by atoms with Gasteiger partial charge in [0.15, 0.2) is 0 Å². The van der Waals surface area contributed by atoms with E-state index >= 15 is 0 Å². The highest BCUT2D eigenvalue weighted by Gasteiger charge is 2.27.